The van der Waals surface area contributed by atoms with Gasteiger partial charge in [0.05, 0.1) is 6.04 Å². The number of fused-ring (bicyclic) bond motifs is 1. The van der Waals surface area contributed by atoms with Crippen molar-refractivity contribution in [2.75, 3.05) is 0 Å². The van der Waals surface area contributed by atoms with E-state index in [1.165, 1.54) is 41.9 Å². The lowest BCUT2D eigenvalue weighted by molar-refractivity contribution is 0.564. The molecule has 5 heteroatoms. The number of hydrogen-bond donors (Lipinski definition) is 2. The quantitative estimate of drug-likeness (QED) is 0.469. The third kappa shape index (κ3) is 3.34. The molecular formula is C15H19BrN2S2. The molecule has 2 aromatic rings. The Labute approximate surface area is 136 Å². The standard InChI is InChI=1S/C15H19BrN2S2/c16-11-7-12(19-9-11)8-13(18-17)15-6-10-4-2-1-3-5-14(10)20-15/h6-7,9,13,18H,1-5,8,17H2. The summed E-state index contributed by atoms with van der Waals surface area (Å²) in [5.41, 5.74) is 4.57. The number of nitrogens with one attached hydrogen (secondary N) is 1. The second kappa shape index (κ2) is 6.71. The summed E-state index contributed by atoms with van der Waals surface area (Å²) in [5, 5.41) is 2.13. The van der Waals surface area contributed by atoms with Gasteiger partial charge in [-0.2, -0.15) is 0 Å². The van der Waals surface area contributed by atoms with Crippen LogP contribution < -0.4 is 11.3 Å². The maximum atomic E-state index is 5.80. The third-order valence-electron chi connectivity index (χ3n) is 3.84. The highest BCUT2D eigenvalue weighted by molar-refractivity contribution is 9.10. The zero-order valence-electron chi connectivity index (χ0n) is 11.3. The van der Waals surface area contributed by atoms with Crippen LogP contribution >= 0.6 is 38.6 Å². The molecule has 0 spiro atoms. The molecule has 0 saturated carbocycles. The first-order valence-corrected chi connectivity index (χ1v) is 9.55. The van der Waals surface area contributed by atoms with Crippen LogP contribution in [0.4, 0.5) is 0 Å². The molecule has 2 nitrogen and oxygen atoms in total. The van der Waals surface area contributed by atoms with Gasteiger partial charge in [0.15, 0.2) is 0 Å². The first-order chi connectivity index (χ1) is 9.76. The Morgan fingerprint density at radius 2 is 2.10 bits per heavy atom. The van der Waals surface area contributed by atoms with Crippen LogP contribution in [0.3, 0.4) is 0 Å². The average Bonchev–Trinajstić information content (AvgIpc) is 2.97. The molecule has 2 aromatic heterocycles. The van der Waals surface area contributed by atoms with Gasteiger partial charge in [0.25, 0.3) is 0 Å². The Kier molecular flexibility index (Phi) is 4.94. The molecule has 3 rings (SSSR count). The van der Waals surface area contributed by atoms with Gasteiger partial charge in [-0.1, -0.05) is 6.42 Å². The van der Waals surface area contributed by atoms with Crippen molar-refractivity contribution >= 4 is 38.6 Å². The lowest BCUT2D eigenvalue weighted by Crippen LogP contribution is -2.28. The van der Waals surface area contributed by atoms with E-state index >= 15 is 0 Å². The molecule has 0 bridgehead atoms. The van der Waals surface area contributed by atoms with Crippen LogP contribution in [-0.4, -0.2) is 0 Å². The number of rotatable bonds is 4. The summed E-state index contributed by atoms with van der Waals surface area (Å²) in [6.45, 7) is 0. The number of hydrogen-bond acceptors (Lipinski definition) is 4. The van der Waals surface area contributed by atoms with Gasteiger partial charge in [0.1, 0.15) is 0 Å². The van der Waals surface area contributed by atoms with Crippen molar-refractivity contribution in [1.82, 2.24) is 5.43 Å². The normalized spacial score (nSPS) is 16.7. The van der Waals surface area contributed by atoms with Crippen molar-refractivity contribution < 1.29 is 0 Å². The highest BCUT2D eigenvalue weighted by Gasteiger charge is 2.18. The molecule has 1 aliphatic rings. The van der Waals surface area contributed by atoms with Crippen LogP contribution in [0.2, 0.25) is 0 Å². The Morgan fingerprint density at radius 3 is 2.85 bits per heavy atom. The minimum atomic E-state index is 0.234. The Morgan fingerprint density at radius 1 is 1.25 bits per heavy atom. The van der Waals surface area contributed by atoms with E-state index < -0.39 is 0 Å². The predicted octanol–water partition coefficient (Wildman–Crippen LogP) is 4.59. The van der Waals surface area contributed by atoms with Gasteiger partial charge >= 0.3 is 0 Å². The summed E-state index contributed by atoms with van der Waals surface area (Å²) in [6, 6.07) is 4.81. The summed E-state index contributed by atoms with van der Waals surface area (Å²) in [5.74, 6) is 5.80. The molecule has 1 aliphatic carbocycles. The molecule has 108 valence electrons. The number of halogens is 1. The molecule has 0 amide bonds. The molecule has 3 N–H and O–H groups in total. The van der Waals surface area contributed by atoms with Crippen molar-refractivity contribution in [1.29, 1.82) is 0 Å². The van der Waals surface area contributed by atoms with Crippen LogP contribution in [0, 0.1) is 0 Å². The molecular weight excluding hydrogens is 352 g/mol. The largest absolute Gasteiger partial charge is 0.271 e. The summed E-state index contributed by atoms with van der Waals surface area (Å²) in [7, 11) is 0. The van der Waals surface area contributed by atoms with Crippen LogP contribution in [0.15, 0.2) is 22.0 Å². The highest BCUT2D eigenvalue weighted by Crippen LogP contribution is 2.34. The molecule has 0 radical (unpaired) electrons. The number of nitrogens with two attached hydrogens (primary N) is 1. The lowest BCUT2D eigenvalue weighted by atomic mass is 10.1. The van der Waals surface area contributed by atoms with Crippen molar-refractivity contribution in [3.63, 3.8) is 0 Å². The zero-order chi connectivity index (χ0) is 13.9. The number of thiophene rings is 2. The number of hydrazine groups is 1. The number of aryl methyl sites for hydroxylation is 2. The summed E-state index contributed by atoms with van der Waals surface area (Å²) < 4.78 is 1.16. The highest BCUT2D eigenvalue weighted by atomic mass is 79.9. The van der Waals surface area contributed by atoms with Gasteiger partial charge in [-0.05, 0) is 59.3 Å². The topological polar surface area (TPSA) is 38.0 Å². The molecule has 0 aromatic carbocycles. The summed E-state index contributed by atoms with van der Waals surface area (Å²) in [6.07, 6.45) is 7.51. The molecule has 20 heavy (non-hydrogen) atoms. The summed E-state index contributed by atoms with van der Waals surface area (Å²) >= 11 is 7.26. The SMILES string of the molecule is NNC(Cc1cc(Br)cs1)c1cc2c(s1)CCCCC2. The first-order valence-electron chi connectivity index (χ1n) is 7.07. The summed E-state index contributed by atoms with van der Waals surface area (Å²) in [4.78, 5) is 4.34. The van der Waals surface area contributed by atoms with E-state index in [0.717, 1.165) is 10.9 Å². The lowest BCUT2D eigenvalue weighted by Gasteiger charge is -2.13. The van der Waals surface area contributed by atoms with Gasteiger partial charge < -0.3 is 0 Å². The Balaban J connectivity index is 1.79. The van der Waals surface area contributed by atoms with Gasteiger partial charge in [-0.25, -0.2) is 0 Å². The van der Waals surface area contributed by atoms with Crippen LogP contribution in [0.25, 0.3) is 0 Å². The zero-order valence-corrected chi connectivity index (χ0v) is 14.5. The van der Waals surface area contributed by atoms with Crippen LogP contribution in [0.1, 0.15) is 45.5 Å². The second-order valence-corrected chi connectivity index (χ2v) is 8.39. The van der Waals surface area contributed by atoms with Crippen molar-refractivity contribution in [3.05, 3.63) is 42.2 Å². The fraction of sp³-hybridized carbons (Fsp3) is 0.467. The van der Waals surface area contributed by atoms with Gasteiger partial charge in [0.2, 0.25) is 0 Å². The van der Waals surface area contributed by atoms with Gasteiger partial charge in [-0.3, -0.25) is 11.3 Å². The van der Waals surface area contributed by atoms with E-state index in [1.54, 1.807) is 21.8 Å². The van der Waals surface area contributed by atoms with Crippen molar-refractivity contribution in [2.45, 2.75) is 44.6 Å². The fourth-order valence-electron chi connectivity index (χ4n) is 2.77. The minimum absolute atomic E-state index is 0.234. The maximum Gasteiger partial charge on any atom is 0.0601 e. The minimum Gasteiger partial charge on any atom is -0.271 e. The molecule has 1 atom stereocenters. The van der Waals surface area contributed by atoms with Crippen LogP contribution in [0.5, 0.6) is 0 Å². The van der Waals surface area contributed by atoms with E-state index in [-0.39, 0.29) is 6.04 Å². The molecule has 2 heterocycles. The Bertz CT molecular complexity index is 553. The van der Waals surface area contributed by atoms with E-state index in [9.17, 15) is 0 Å². The average molecular weight is 371 g/mol. The van der Waals surface area contributed by atoms with E-state index in [0.29, 0.717) is 0 Å². The fourth-order valence-corrected chi connectivity index (χ4v) is 5.58. The van der Waals surface area contributed by atoms with Crippen LogP contribution in [-0.2, 0) is 19.3 Å². The third-order valence-corrected chi connectivity index (χ3v) is 6.91. The smallest absolute Gasteiger partial charge is 0.0601 e. The van der Waals surface area contributed by atoms with Gasteiger partial charge in [0, 0.05) is 30.9 Å². The van der Waals surface area contributed by atoms with E-state index in [4.69, 9.17) is 5.84 Å². The van der Waals surface area contributed by atoms with E-state index in [2.05, 4.69) is 38.9 Å². The molecule has 0 saturated heterocycles. The van der Waals surface area contributed by atoms with Crippen molar-refractivity contribution in [2.24, 2.45) is 5.84 Å². The predicted molar refractivity (Wildman–Crippen MR) is 91.4 cm³/mol. The van der Waals surface area contributed by atoms with E-state index in [1.807, 2.05) is 11.3 Å². The second-order valence-electron chi connectivity index (χ2n) is 5.31. The maximum absolute atomic E-state index is 5.80. The molecule has 1 unspecified atom stereocenters. The monoisotopic (exact) mass is 370 g/mol. The Hall–Kier alpha value is -0.200. The molecule has 0 aliphatic heterocycles. The molecule has 0 fully saturated rings. The van der Waals surface area contributed by atoms with Gasteiger partial charge in [-0.15, -0.1) is 22.7 Å². The van der Waals surface area contributed by atoms with Crippen molar-refractivity contribution in [3.8, 4) is 0 Å². The first kappa shape index (κ1) is 14.7.